The molecule has 0 atom stereocenters. The highest BCUT2D eigenvalue weighted by Crippen LogP contribution is 2.29. The number of hydrogen-bond donors (Lipinski definition) is 2. The van der Waals surface area contributed by atoms with Crippen LogP contribution in [-0.4, -0.2) is 35.0 Å². The third-order valence-corrected chi connectivity index (χ3v) is 4.78. The number of benzene rings is 2. The molecule has 3 aromatic heterocycles. The summed E-state index contributed by atoms with van der Waals surface area (Å²) in [4.78, 5) is 8.65. The van der Waals surface area contributed by atoms with Crippen molar-refractivity contribution >= 4 is 11.5 Å². The summed E-state index contributed by atoms with van der Waals surface area (Å²) < 4.78 is 1.95. The predicted octanol–water partition coefficient (Wildman–Crippen LogP) is 3.50. The lowest BCUT2D eigenvalue weighted by atomic mass is 9.98. The maximum absolute atomic E-state index is 4.47. The first-order valence-electron chi connectivity index (χ1n) is 9.24. The number of nitrogens with zero attached hydrogens (tertiary/aromatic N) is 6. The van der Waals surface area contributed by atoms with Gasteiger partial charge in [0.25, 0.3) is 0 Å². The Bertz CT molecular complexity index is 1260. The minimum Gasteiger partial charge on any atom is -0.367 e. The number of imidazole rings is 1. The van der Waals surface area contributed by atoms with E-state index in [9.17, 15) is 0 Å². The molecule has 5 aromatic rings. The van der Waals surface area contributed by atoms with Crippen LogP contribution in [0.15, 0.2) is 67.1 Å². The lowest BCUT2D eigenvalue weighted by molar-refractivity contribution is 0.881. The van der Waals surface area contributed by atoms with Gasteiger partial charge in [0.15, 0.2) is 11.5 Å². The van der Waals surface area contributed by atoms with Gasteiger partial charge in [-0.1, -0.05) is 48.5 Å². The molecule has 2 N–H and O–H groups in total. The number of fused-ring (bicyclic) bond motifs is 1. The Hall–Kier alpha value is -4.07. The van der Waals surface area contributed by atoms with E-state index in [1.165, 1.54) is 5.56 Å². The number of rotatable bonds is 5. The summed E-state index contributed by atoms with van der Waals surface area (Å²) in [6.45, 7) is 2.68. The third kappa shape index (κ3) is 3.31. The van der Waals surface area contributed by atoms with E-state index in [1.54, 1.807) is 12.5 Å². The molecule has 2 aromatic carbocycles. The second-order valence-corrected chi connectivity index (χ2v) is 6.75. The van der Waals surface area contributed by atoms with Crippen molar-refractivity contribution in [3.63, 3.8) is 0 Å². The van der Waals surface area contributed by atoms with Crippen LogP contribution in [0.1, 0.15) is 11.3 Å². The molecular formula is C21H18N8. The van der Waals surface area contributed by atoms with Crippen molar-refractivity contribution in [2.24, 2.45) is 0 Å². The van der Waals surface area contributed by atoms with Crippen LogP contribution in [0.2, 0.25) is 0 Å². The zero-order valence-electron chi connectivity index (χ0n) is 15.7. The molecule has 0 amide bonds. The smallest absolute Gasteiger partial charge is 0.180 e. The lowest BCUT2D eigenvalue weighted by Gasteiger charge is -2.11. The first kappa shape index (κ1) is 17.1. The highest BCUT2D eigenvalue weighted by atomic mass is 15.5. The SMILES string of the molecule is Cc1cc(NCc2ccc(-c3ccccc3-c3nnn[nH]3)cc2)n2cncc2n1. The van der Waals surface area contributed by atoms with Gasteiger partial charge in [0.1, 0.15) is 12.1 Å². The monoisotopic (exact) mass is 382 g/mol. The Balaban J connectivity index is 1.38. The fraction of sp³-hybridized carbons (Fsp3) is 0.0952. The number of aromatic amines is 1. The summed E-state index contributed by atoms with van der Waals surface area (Å²) in [6.07, 6.45) is 3.52. The summed E-state index contributed by atoms with van der Waals surface area (Å²) in [5.41, 5.74) is 6.12. The van der Waals surface area contributed by atoms with Crippen LogP contribution in [0, 0.1) is 6.92 Å². The first-order valence-corrected chi connectivity index (χ1v) is 9.24. The van der Waals surface area contributed by atoms with Crippen LogP contribution in [0.25, 0.3) is 28.2 Å². The molecule has 0 aliphatic heterocycles. The van der Waals surface area contributed by atoms with Crippen LogP contribution in [-0.2, 0) is 6.54 Å². The number of aryl methyl sites for hydroxylation is 1. The van der Waals surface area contributed by atoms with Gasteiger partial charge in [-0.05, 0) is 34.0 Å². The van der Waals surface area contributed by atoms with Gasteiger partial charge in [0.05, 0.1) is 6.20 Å². The van der Waals surface area contributed by atoms with Gasteiger partial charge in [-0.25, -0.2) is 15.1 Å². The van der Waals surface area contributed by atoms with Crippen molar-refractivity contribution in [1.82, 2.24) is 35.0 Å². The third-order valence-electron chi connectivity index (χ3n) is 4.78. The normalized spacial score (nSPS) is 11.1. The largest absolute Gasteiger partial charge is 0.367 e. The standard InChI is InChI=1S/C21H18N8/c1-14-10-19(29-13-22-12-20(29)24-14)23-11-15-6-8-16(9-7-15)17-4-2-3-5-18(17)21-25-27-28-26-21/h2-10,12-13,23H,11H2,1H3,(H,25,26,27,28). The molecule has 0 spiro atoms. The molecule has 0 fully saturated rings. The van der Waals surface area contributed by atoms with Crippen molar-refractivity contribution < 1.29 is 0 Å². The predicted molar refractivity (Wildman–Crippen MR) is 110 cm³/mol. The fourth-order valence-corrected chi connectivity index (χ4v) is 3.38. The quantitative estimate of drug-likeness (QED) is 0.483. The van der Waals surface area contributed by atoms with Gasteiger partial charge in [-0.15, -0.1) is 5.10 Å². The molecule has 0 aliphatic carbocycles. The van der Waals surface area contributed by atoms with Crippen molar-refractivity contribution in [1.29, 1.82) is 0 Å². The Kier molecular flexibility index (Phi) is 4.21. The van der Waals surface area contributed by atoms with E-state index in [-0.39, 0.29) is 0 Å². The molecule has 0 saturated heterocycles. The average Bonchev–Trinajstić information content (AvgIpc) is 3.44. The van der Waals surface area contributed by atoms with E-state index < -0.39 is 0 Å². The summed E-state index contributed by atoms with van der Waals surface area (Å²) in [5.74, 6) is 1.63. The van der Waals surface area contributed by atoms with Gasteiger partial charge in [-0.3, -0.25) is 4.40 Å². The topological polar surface area (TPSA) is 96.7 Å². The number of hydrogen-bond acceptors (Lipinski definition) is 6. The van der Waals surface area contributed by atoms with E-state index in [1.807, 2.05) is 35.6 Å². The summed E-state index contributed by atoms with van der Waals surface area (Å²) in [7, 11) is 0. The maximum atomic E-state index is 4.47. The van der Waals surface area contributed by atoms with Crippen LogP contribution < -0.4 is 5.32 Å². The van der Waals surface area contributed by atoms with Crippen LogP contribution >= 0.6 is 0 Å². The van der Waals surface area contributed by atoms with Gasteiger partial charge in [-0.2, -0.15) is 0 Å². The zero-order valence-corrected chi connectivity index (χ0v) is 15.7. The molecule has 29 heavy (non-hydrogen) atoms. The first-order chi connectivity index (χ1) is 14.3. The molecular weight excluding hydrogens is 364 g/mol. The van der Waals surface area contributed by atoms with Crippen molar-refractivity contribution in [2.45, 2.75) is 13.5 Å². The van der Waals surface area contributed by atoms with Crippen LogP contribution in [0.3, 0.4) is 0 Å². The van der Waals surface area contributed by atoms with Crippen LogP contribution in [0.5, 0.6) is 0 Å². The molecule has 0 bridgehead atoms. The van der Waals surface area contributed by atoms with E-state index >= 15 is 0 Å². The molecule has 8 heteroatoms. The van der Waals surface area contributed by atoms with E-state index in [0.717, 1.165) is 33.8 Å². The lowest BCUT2D eigenvalue weighted by Crippen LogP contribution is -2.05. The molecule has 0 aliphatic rings. The van der Waals surface area contributed by atoms with E-state index in [2.05, 4.69) is 66.2 Å². The summed E-state index contributed by atoms with van der Waals surface area (Å²) >= 11 is 0. The Morgan fingerprint density at radius 3 is 2.66 bits per heavy atom. The highest BCUT2D eigenvalue weighted by Gasteiger charge is 2.10. The van der Waals surface area contributed by atoms with Gasteiger partial charge in [0, 0.05) is 23.9 Å². The van der Waals surface area contributed by atoms with Crippen molar-refractivity contribution in [2.75, 3.05) is 5.32 Å². The second-order valence-electron chi connectivity index (χ2n) is 6.75. The van der Waals surface area contributed by atoms with Gasteiger partial charge in [0.2, 0.25) is 0 Å². The minimum atomic E-state index is 0.656. The average molecular weight is 382 g/mol. The molecule has 0 unspecified atom stereocenters. The Labute approximate surface area is 166 Å². The number of tetrazole rings is 1. The number of anilines is 1. The summed E-state index contributed by atoms with van der Waals surface area (Å²) in [5, 5.41) is 17.7. The van der Waals surface area contributed by atoms with Crippen molar-refractivity contribution in [3.8, 4) is 22.5 Å². The minimum absolute atomic E-state index is 0.656. The van der Waals surface area contributed by atoms with E-state index in [4.69, 9.17) is 0 Å². The van der Waals surface area contributed by atoms with Gasteiger partial charge >= 0.3 is 0 Å². The summed E-state index contributed by atoms with van der Waals surface area (Å²) in [6, 6.07) is 18.6. The number of nitrogens with one attached hydrogen (secondary N) is 2. The molecule has 0 radical (unpaired) electrons. The molecule has 142 valence electrons. The maximum Gasteiger partial charge on any atom is 0.180 e. The molecule has 8 nitrogen and oxygen atoms in total. The second kappa shape index (κ2) is 7.16. The van der Waals surface area contributed by atoms with Gasteiger partial charge < -0.3 is 5.32 Å². The Morgan fingerprint density at radius 2 is 1.86 bits per heavy atom. The van der Waals surface area contributed by atoms with E-state index in [0.29, 0.717) is 12.4 Å². The zero-order chi connectivity index (χ0) is 19.6. The Morgan fingerprint density at radius 1 is 1.03 bits per heavy atom. The highest BCUT2D eigenvalue weighted by molar-refractivity contribution is 5.80. The fourth-order valence-electron chi connectivity index (χ4n) is 3.38. The van der Waals surface area contributed by atoms with Crippen molar-refractivity contribution in [3.05, 3.63) is 78.4 Å². The number of aromatic nitrogens is 7. The van der Waals surface area contributed by atoms with Crippen LogP contribution in [0.4, 0.5) is 5.82 Å². The number of H-pyrrole nitrogens is 1. The molecule has 3 heterocycles. The molecule has 5 rings (SSSR count). The molecule has 0 saturated carbocycles.